The Hall–Kier alpha value is -0.930. The van der Waals surface area contributed by atoms with E-state index >= 15 is 0 Å². The van der Waals surface area contributed by atoms with Crippen molar-refractivity contribution in [2.45, 2.75) is 57.0 Å². The lowest BCUT2D eigenvalue weighted by Crippen LogP contribution is -2.52. The van der Waals surface area contributed by atoms with Gasteiger partial charge in [-0.2, -0.15) is 0 Å². The summed E-state index contributed by atoms with van der Waals surface area (Å²) in [4.78, 5) is 2.23. The molecule has 2 nitrogen and oxygen atoms in total. The Labute approximate surface area is 122 Å². The molecule has 2 rings (SSSR count). The number of nitrogens with zero attached hydrogens (tertiary/aromatic N) is 1. The van der Waals surface area contributed by atoms with Crippen molar-refractivity contribution in [3.63, 3.8) is 0 Å². The van der Waals surface area contributed by atoms with Crippen LogP contribution in [-0.4, -0.2) is 24.5 Å². The molecule has 0 aromatic heterocycles. The molecular weight excluding hydrogens is 251 g/mol. The van der Waals surface area contributed by atoms with Crippen molar-refractivity contribution in [2.24, 2.45) is 5.73 Å². The number of benzene rings is 1. The topological polar surface area (TPSA) is 29.3 Å². The van der Waals surface area contributed by atoms with Gasteiger partial charge in [-0.05, 0) is 39.9 Å². The third-order valence-corrected chi connectivity index (χ3v) is 4.93. The van der Waals surface area contributed by atoms with Crippen molar-refractivity contribution in [3.05, 3.63) is 35.1 Å². The first-order valence-corrected chi connectivity index (χ1v) is 7.66. The van der Waals surface area contributed by atoms with Crippen molar-refractivity contribution in [3.8, 4) is 0 Å². The molecule has 0 heterocycles. The minimum absolute atomic E-state index is 0.120. The van der Waals surface area contributed by atoms with Crippen LogP contribution in [0.4, 0.5) is 4.39 Å². The van der Waals surface area contributed by atoms with E-state index in [1.54, 1.807) is 12.1 Å². The highest BCUT2D eigenvalue weighted by Crippen LogP contribution is 2.40. The molecule has 3 heteroatoms. The van der Waals surface area contributed by atoms with Crippen LogP contribution in [0.2, 0.25) is 0 Å². The third-order valence-electron chi connectivity index (χ3n) is 4.93. The summed E-state index contributed by atoms with van der Waals surface area (Å²) in [6.07, 6.45) is 6.99. The molecule has 20 heavy (non-hydrogen) atoms. The minimum Gasteiger partial charge on any atom is -0.322 e. The van der Waals surface area contributed by atoms with E-state index in [9.17, 15) is 4.39 Å². The smallest absolute Gasteiger partial charge is 0.128 e. The lowest BCUT2D eigenvalue weighted by molar-refractivity contribution is 0.0954. The van der Waals surface area contributed by atoms with Crippen LogP contribution in [0.1, 0.15) is 55.7 Å². The number of halogens is 1. The lowest BCUT2D eigenvalue weighted by Gasteiger charge is -2.44. The molecule has 1 fully saturated rings. The minimum atomic E-state index is -0.268. The van der Waals surface area contributed by atoms with Crippen LogP contribution in [-0.2, 0) is 0 Å². The van der Waals surface area contributed by atoms with Crippen molar-refractivity contribution >= 4 is 0 Å². The summed E-state index contributed by atoms with van der Waals surface area (Å²) in [5, 5.41) is 0. The van der Waals surface area contributed by atoms with E-state index in [-0.39, 0.29) is 17.4 Å². The van der Waals surface area contributed by atoms with E-state index in [2.05, 4.69) is 19.0 Å². The zero-order valence-electron chi connectivity index (χ0n) is 13.0. The highest BCUT2D eigenvalue weighted by molar-refractivity contribution is 5.29. The summed E-state index contributed by atoms with van der Waals surface area (Å²) >= 11 is 0. The highest BCUT2D eigenvalue weighted by atomic mass is 19.1. The van der Waals surface area contributed by atoms with E-state index in [4.69, 9.17) is 5.73 Å². The van der Waals surface area contributed by atoms with E-state index in [0.717, 1.165) is 18.4 Å². The van der Waals surface area contributed by atoms with Crippen LogP contribution in [0.25, 0.3) is 0 Å². The largest absolute Gasteiger partial charge is 0.322 e. The van der Waals surface area contributed by atoms with Crippen molar-refractivity contribution < 1.29 is 4.39 Å². The van der Waals surface area contributed by atoms with E-state index < -0.39 is 0 Å². The molecule has 2 N–H and O–H groups in total. The van der Waals surface area contributed by atoms with Crippen molar-refractivity contribution in [1.29, 1.82) is 0 Å². The number of hydrogen-bond donors (Lipinski definition) is 1. The molecular formula is C17H27FN2. The molecule has 1 unspecified atom stereocenters. The summed E-state index contributed by atoms with van der Waals surface area (Å²) in [6, 6.07) is 5.00. The normalized spacial score (nSPS) is 20.7. The number of rotatable bonds is 3. The summed E-state index contributed by atoms with van der Waals surface area (Å²) in [5.41, 5.74) is 8.18. The summed E-state index contributed by atoms with van der Waals surface area (Å²) in [6.45, 7) is 1.99. The Morgan fingerprint density at radius 1 is 1.15 bits per heavy atom. The molecule has 0 spiro atoms. The molecule has 1 aliphatic rings. The zero-order chi connectivity index (χ0) is 14.8. The number of aryl methyl sites for hydroxylation is 1. The van der Waals surface area contributed by atoms with Gasteiger partial charge in [0.05, 0.1) is 6.04 Å². The molecule has 1 aliphatic carbocycles. The number of nitrogens with two attached hydrogens (primary N) is 1. The quantitative estimate of drug-likeness (QED) is 0.852. The SMILES string of the molecule is Cc1ccc(F)c(C(N)C2(N(C)C)CCCCCC2)c1. The van der Waals surface area contributed by atoms with Crippen LogP contribution >= 0.6 is 0 Å². The Kier molecular flexibility index (Phi) is 4.82. The first-order chi connectivity index (χ1) is 9.47. The van der Waals surface area contributed by atoms with Crippen molar-refractivity contribution in [2.75, 3.05) is 14.1 Å². The number of likely N-dealkylation sites (N-methyl/N-ethyl adjacent to an activating group) is 1. The fourth-order valence-corrected chi connectivity index (χ4v) is 3.57. The van der Waals surface area contributed by atoms with Gasteiger partial charge in [-0.25, -0.2) is 4.39 Å². The van der Waals surface area contributed by atoms with E-state index in [1.807, 2.05) is 13.0 Å². The monoisotopic (exact) mass is 278 g/mol. The molecule has 1 aromatic carbocycles. The maximum Gasteiger partial charge on any atom is 0.128 e. The van der Waals surface area contributed by atoms with Gasteiger partial charge in [0.15, 0.2) is 0 Å². The van der Waals surface area contributed by atoms with Crippen LogP contribution in [0.3, 0.4) is 0 Å². The Morgan fingerprint density at radius 3 is 2.30 bits per heavy atom. The first-order valence-electron chi connectivity index (χ1n) is 7.66. The Bertz CT molecular complexity index is 448. The molecule has 1 atom stereocenters. The molecule has 112 valence electrons. The second-order valence-corrected chi connectivity index (χ2v) is 6.41. The molecule has 0 radical (unpaired) electrons. The van der Waals surface area contributed by atoms with Gasteiger partial charge < -0.3 is 10.6 Å². The third kappa shape index (κ3) is 2.89. The van der Waals surface area contributed by atoms with Gasteiger partial charge >= 0.3 is 0 Å². The second kappa shape index (κ2) is 6.23. The maximum atomic E-state index is 14.2. The predicted octanol–water partition coefficient (Wildman–Crippen LogP) is 3.79. The predicted molar refractivity (Wildman–Crippen MR) is 82.2 cm³/mol. The summed E-state index contributed by atoms with van der Waals surface area (Å²) < 4.78 is 14.2. The molecule has 1 saturated carbocycles. The van der Waals surface area contributed by atoms with Crippen LogP contribution in [0.5, 0.6) is 0 Å². The van der Waals surface area contributed by atoms with Gasteiger partial charge in [0.1, 0.15) is 5.82 Å². The molecule has 1 aromatic rings. The lowest BCUT2D eigenvalue weighted by atomic mass is 9.78. The van der Waals surface area contributed by atoms with Gasteiger partial charge in [-0.3, -0.25) is 0 Å². The van der Waals surface area contributed by atoms with Crippen LogP contribution < -0.4 is 5.73 Å². The Balaban J connectivity index is 2.40. The zero-order valence-corrected chi connectivity index (χ0v) is 13.0. The van der Waals surface area contributed by atoms with E-state index in [1.165, 1.54) is 25.7 Å². The molecule has 0 amide bonds. The highest BCUT2D eigenvalue weighted by Gasteiger charge is 2.40. The van der Waals surface area contributed by atoms with Gasteiger partial charge in [0, 0.05) is 11.1 Å². The Morgan fingerprint density at radius 2 is 1.75 bits per heavy atom. The average Bonchev–Trinajstić information content (AvgIpc) is 2.67. The summed E-state index contributed by atoms with van der Waals surface area (Å²) in [7, 11) is 4.16. The first kappa shape index (κ1) is 15.5. The van der Waals surface area contributed by atoms with E-state index in [0.29, 0.717) is 5.56 Å². The van der Waals surface area contributed by atoms with Gasteiger partial charge in [0.2, 0.25) is 0 Å². The molecule has 0 saturated heterocycles. The van der Waals surface area contributed by atoms with Gasteiger partial charge in [-0.15, -0.1) is 0 Å². The molecule has 0 bridgehead atoms. The number of hydrogen-bond acceptors (Lipinski definition) is 2. The summed E-state index contributed by atoms with van der Waals surface area (Å²) in [5.74, 6) is -0.173. The van der Waals surface area contributed by atoms with Gasteiger partial charge in [0.25, 0.3) is 0 Å². The second-order valence-electron chi connectivity index (χ2n) is 6.41. The van der Waals surface area contributed by atoms with Crippen LogP contribution in [0, 0.1) is 12.7 Å². The molecule has 0 aliphatic heterocycles. The van der Waals surface area contributed by atoms with Crippen molar-refractivity contribution in [1.82, 2.24) is 4.90 Å². The fourth-order valence-electron chi connectivity index (χ4n) is 3.57. The fraction of sp³-hybridized carbons (Fsp3) is 0.647. The van der Waals surface area contributed by atoms with Crippen LogP contribution in [0.15, 0.2) is 18.2 Å². The standard InChI is InChI=1S/C17H27FN2/c1-13-8-9-15(18)14(12-13)16(19)17(20(2)3)10-6-4-5-7-11-17/h8-9,12,16H,4-7,10-11,19H2,1-3H3. The maximum absolute atomic E-state index is 14.2. The van der Waals surface area contributed by atoms with Gasteiger partial charge in [-0.1, -0.05) is 43.4 Å². The average molecular weight is 278 g/mol.